The molecule has 0 heterocycles. The lowest BCUT2D eigenvalue weighted by atomic mass is 10.1. The van der Waals surface area contributed by atoms with Crippen LogP contribution in [0.25, 0.3) is 0 Å². The Hall–Kier alpha value is -1.62. The van der Waals surface area contributed by atoms with Crippen molar-refractivity contribution in [1.29, 1.82) is 0 Å². The second-order valence-corrected chi connectivity index (χ2v) is 4.32. The molecule has 1 amide bonds. The molecule has 92 valence electrons. The number of rotatable bonds is 5. The molecule has 3 N–H and O–H groups in total. The van der Waals surface area contributed by atoms with Crippen molar-refractivity contribution in [3.8, 4) is 5.75 Å². The molecule has 0 bridgehead atoms. The van der Waals surface area contributed by atoms with Gasteiger partial charge in [-0.2, -0.15) is 0 Å². The Balaban J connectivity index is 2.64. The Morgan fingerprint density at radius 2 is 2.29 bits per heavy atom. The average Bonchev–Trinajstić information content (AvgIpc) is 2.28. The van der Waals surface area contributed by atoms with Gasteiger partial charge in [-0.05, 0) is 12.1 Å². The van der Waals surface area contributed by atoms with E-state index in [0.29, 0.717) is 22.8 Å². The summed E-state index contributed by atoms with van der Waals surface area (Å²) in [5, 5.41) is 2.79. The maximum atomic E-state index is 11.8. The molecule has 0 aliphatic carbocycles. The maximum absolute atomic E-state index is 11.8. The summed E-state index contributed by atoms with van der Waals surface area (Å²) in [6.07, 6.45) is 0.408. The quantitative estimate of drug-likeness (QED) is 0.786. The molecule has 1 aromatic rings. The molecule has 17 heavy (non-hydrogen) atoms. The zero-order chi connectivity index (χ0) is 12.8. The molecule has 0 radical (unpaired) electrons. The van der Waals surface area contributed by atoms with Gasteiger partial charge in [-0.3, -0.25) is 4.79 Å². The second-order valence-electron chi connectivity index (χ2n) is 3.79. The van der Waals surface area contributed by atoms with Crippen LogP contribution in [0.2, 0.25) is 0 Å². The summed E-state index contributed by atoms with van der Waals surface area (Å²) in [7, 11) is 1.58. The number of methoxy groups -OCH3 is 1. The smallest absolute Gasteiger partial charge is 0.227 e. The summed E-state index contributed by atoms with van der Waals surface area (Å²) >= 11 is 4.77. The SMILES string of the molecule is COc1cccc(NC(=O)C(C)CC(N)=S)c1. The number of hydrogen-bond acceptors (Lipinski definition) is 3. The highest BCUT2D eigenvalue weighted by Gasteiger charge is 2.14. The van der Waals surface area contributed by atoms with E-state index < -0.39 is 0 Å². The monoisotopic (exact) mass is 252 g/mol. The number of carbonyl (C=O) groups excluding carboxylic acids is 1. The lowest BCUT2D eigenvalue weighted by Crippen LogP contribution is -2.24. The standard InChI is InChI=1S/C12H16N2O2S/c1-8(6-11(13)17)12(15)14-9-4-3-5-10(7-9)16-2/h3-5,7-8H,6H2,1-2H3,(H2,13,17)(H,14,15). The van der Waals surface area contributed by atoms with Crippen LogP contribution in [0.1, 0.15) is 13.3 Å². The van der Waals surface area contributed by atoms with Gasteiger partial charge in [0, 0.05) is 24.1 Å². The minimum absolute atomic E-state index is 0.106. The van der Waals surface area contributed by atoms with Crippen molar-refractivity contribution in [2.45, 2.75) is 13.3 Å². The number of hydrogen-bond donors (Lipinski definition) is 2. The van der Waals surface area contributed by atoms with Gasteiger partial charge in [0.15, 0.2) is 0 Å². The van der Waals surface area contributed by atoms with Crippen molar-refractivity contribution in [3.05, 3.63) is 24.3 Å². The van der Waals surface area contributed by atoms with Crippen molar-refractivity contribution >= 4 is 28.8 Å². The van der Waals surface area contributed by atoms with Gasteiger partial charge in [0.2, 0.25) is 5.91 Å². The zero-order valence-corrected chi connectivity index (χ0v) is 10.7. The Bertz CT molecular complexity index is 421. The van der Waals surface area contributed by atoms with Crippen LogP contribution in [-0.4, -0.2) is 18.0 Å². The number of thiocarbonyl (C=S) groups is 1. The van der Waals surface area contributed by atoms with Crippen molar-refractivity contribution in [3.63, 3.8) is 0 Å². The van der Waals surface area contributed by atoms with E-state index in [-0.39, 0.29) is 11.8 Å². The Labute approximate surface area is 106 Å². The molecule has 1 rings (SSSR count). The molecule has 1 aromatic carbocycles. The first-order valence-electron chi connectivity index (χ1n) is 5.26. The molecule has 1 atom stereocenters. The van der Waals surface area contributed by atoms with Crippen molar-refractivity contribution in [2.24, 2.45) is 11.7 Å². The van der Waals surface area contributed by atoms with E-state index in [1.54, 1.807) is 26.2 Å². The largest absolute Gasteiger partial charge is 0.497 e. The fraction of sp³-hybridized carbons (Fsp3) is 0.333. The van der Waals surface area contributed by atoms with Crippen LogP contribution < -0.4 is 15.8 Å². The van der Waals surface area contributed by atoms with Crippen LogP contribution in [0, 0.1) is 5.92 Å². The van der Waals surface area contributed by atoms with Gasteiger partial charge in [-0.15, -0.1) is 0 Å². The first-order chi connectivity index (χ1) is 8.02. The van der Waals surface area contributed by atoms with E-state index in [1.165, 1.54) is 0 Å². The molecule has 5 heteroatoms. The molecule has 4 nitrogen and oxygen atoms in total. The average molecular weight is 252 g/mol. The summed E-state index contributed by atoms with van der Waals surface area (Å²) in [4.78, 5) is 12.1. The summed E-state index contributed by atoms with van der Waals surface area (Å²) in [5.41, 5.74) is 6.10. The molecule has 0 aliphatic heterocycles. The Morgan fingerprint density at radius 3 is 2.88 bits per heavy atom. The third kappa shape index (κ3) is 4.40. The first kappa shape index (κ1) is 13.4. The van der Waals surface area contributed by atoms with Gasteiger partial charge < -0.3 is 15.8 Å². The summed E-state index contributed by atoms with van der Waals surface area (Å²) < 4.78 is 5.07. The minimum atomic E-state index is -0.237. The summed E-state index contributed by atoms with van der Waals surface area (Å²) in [6.45, 7) is 1.79. The van der Waals surface area contributed by atoms with Crippen LogP contribution >= 0.6 is 12.2 Å². The van der Waals surface area contributed by atoms with Crippen LogP contribution in [0.15, 0.2) is 24.3 Å². The molecule has 0 aromatic heterocycles. The molecular weight excluding hydrogens is 236 g/mol. The predicted molar refractivity (Wildman–Crippen MR) is 72.2 cm³/mol. The Morgan fingerprint density at radius 1 is 1.59 bits per heavy atom. The molecule has 0 spiro atoms. The normalized spacial score (nSPS) is 11.6. The number of anilines is 1. The minimum Gasteiger partial charge on any atom is -0.497 e. The molecular formula is C12H16N2O2S. The first-order valence-corrected chi connectivity index (χ1v) is 5.67. The summed E-state index contributed by atoms with van der Waals surface area (Å²) in [6, 6.07) is 7.18. The number of ether oxygens (including phenoxy) is 1. The van der Waals surface area contributed by atoms with Crippen LogP contribution in [0.4, 0.5) is 5.69 Å². The molecule has 0 fully saturated rings. The topological polar surface area (TPSA) is 64.3 Å². The predicted octanol–water partition coefficient (Wildman–Crippen LogP) is 1.95. The van der Waals surface area contributed by atoms with E-state index in [4.69, 9.17) is 22.7 Å². The van der Waals surface area contributed by atoms with E-state index in [1.807, 2.05) is 12.1 Å². The van der Waals surface area contributed by atoms with Gasteiger partial charge in [0.25, 0.3) is 0 Å². The van der Waals surface area contributed by atoms with Crippen LogP contribution in [-0.2, 0) is 4.79 Å². The Kier molecular flexibility index (Phi) is 4.90. The number of carbonyl (C=O) groups is 1. The third-order valence-corrected chi connectivity index (χ3v) is 2.46. The highest BCUT2D eigenvalue weighted by atomic mass is 32.1. The maximum Gasteiger partial charge on any atom is 0.227 e. The van der Waals surface area contributed by atoms with Gasteiger partial charge in [0.1, 0.15) is 5.75 Å². The third-order valence-electron chi connectivity index (χ3n) is 2.29. The van der Waals surface area contributed by atoms with E-state index in [2.05, 4.69) is 5.32 Å². The molecule has 0 saturated heterocycles. The number of nitrogens with one attached hydrogen (secondary N) is 1. The van der Waals surface area contributed by atoms with E-state index in [9.17, 15) is 4.79 Å². The molecule has 0 aliphatic rings. The number of benzene rings is 1. The van der Waals surface area contributed by atoms with Crippen LogP contribution in [0.5, 0.6) is 5.75 Å². The zero-order valence-electron chi connectivity index (χ0n) is 9.90. The van der Waals surface area contributed by atoms with Crippen molar-refractivity contribution < 1.29 is 9.53 Å². The molecule has 1 unspecified atom stereocenters. The highest BCUT2D eigenvalue weighted by Crippen LogP contribution is 2.17. The van der Waals surface area contributed by atoms with E-state index >= 15 is 0 Å². The van der Waals surface area contributed by atoms with E-state index in [0.717, 1.165) is 0 Å². The highest BCUT2D eigenvalue weighted by molar-refractivity contribution is 7.80. The van der Waals surface area contributed by atoms with Crippen LogP contribution in [0.3, 0.4) is 0 Å². The van der Waals surface area contributed by atoms with Crippen molar-refractivity contribution in [1.82, 2.24) is 0 Å². The van der Waals surface area contributed by atoms with Gasteiger partial charge >= 0.3 is 0 Å². The lowest BCUT2D eigenvalue weighted by Gasteiger charge is -2.11. The number of amides is 1. The fourth-order valence-electron chi connectivity index (χ4n) is 1.36. The second kappa shape index (κ2) is 6.20. The van der Waals surface area contributed by atoms with Gasteiger partial charge in [-0.25, -0.2) is 0 Å². The molecule has 0 saturated carbocycles. The lowest BCUT2D eigenvalue weighted by molar-refractivity contribution is -0.119. The number of nitrogens with two attached hydrogens (primary N) is 1. The van der Waals surface area contributed by atoms with Gasteiger partial charge in [-0.1, -0.05) is 25.2 Å². The van der Waals surface area contributed by atoms with Gasteiger partial charge in [0.05, 0.1) is 12.1 Å². The summed E-state index contributed by atoms with van der Waals surface area (Å²) in [5.74, 6) is 0.356. The van der Waals surface area contributed by atoms with Crippen molar-refractivity contribution in [2.75, 3.05) is 12.4 Å². The fourth-order valence-corrected chi connectivity index (χ4v) is 1.61.